The zero-order chi connectivity index (χ0) is 21.8. The summed E-state index contributed by atoms with van der Waals surface area (Å²) in [7, 11) is 0. The maximum Gasteiger partial charge on any atom is 0.164 e. The van der Waals surface area contributed by atoms with E-state index >= 15 is 0 Å². The minimum Gasteiger partial charge on any atom is -0.491 e. The molecule has 1 unspecified atom stereocenters. The van der Waals surface area contributed by atoms with E-state index in [4.69, 9.17) is 15.2 Å². The molecule has 160 valence electrons. The van der Waals surface area contributed by atoms with Crippen LogP contribution < -0.4 is 10.5 Å². The molecule has 3 aromatic heterocycles. The van der Waals surface area contributed by atoms with E-state index in [1.807, 2.05) is 31.2 Å². The van der Waals surface area contributed by atoms with Crippen LogP contribution in [0.5, 0.6) is 5.75 Å². The van der Waals surface area contributed by atoms with Gasteiger partial charge in [0.1, 0.15) is 48.0 Å². The summed E-state index contributed by atoms with van der Waals surface area (Å²) in [4.78, 5) is 12.8. The Morgan fingerprint density at radius 3 is 2.87 bits per heavy atom. The van der Waals surface area contributed by atoms with Gasteiger partial charge in [0, 0.05) is 23.0 Å². The molecule has 0 aliphatic carbocycles. The SMILES string of the molecule is Cc1ncnc2c1ccn2[C@@H]1OC(COc2ccc3ccc(N)nc3c2)[C@@](C)(O)[C@H]1O. The van der Waals surface area contributed by atoms with Crippen LogP contribution in [0.15, 0.2) is 48.9 Å². The minimum atomic E-state index is -1.52. The second-order valence-electron chi connectivity index (χ2n) is 8.01. The van der Waals surface area contributed by atoms with Crippen LogP contribution in [0.3, 0.4) is 0 Å². The summed E-state index contributed by atoms with van der Waals surface area (Å²) in [5.41, 5.74) is 6.41. The fourth-order valence-corrected chi connectivity index (χ4v) is 3.96. The van der Waals surface area contributed by atoms with Crippen LogP contribution in [0.25, 0.3) is 21.9 Å². The number of nitrogens with two attached hydrogens (primary N) is 1. The van der Waals surface area contributed by atoms with Gasteiger partial charge in [0.15, 0.2) is 6.23 Å². The van der Waals surface area contributed by atoms with Gasteiger partial charge in [-0.05, 0) is 44.2 Å². The molecular formula is C22H23N5O4. The van der Waals surface area contributed by atoms with Crippen molar-refractivity contribution in [3.05, 3.63) is 54.6 Å². The van der Waals surface area contributed by atoms with Crippen molar-refractivity contribution in [1.29, 1.82) is 0 Å². The van der Waals surface area contributed by atoms with Gasteiger partial charge in [-0.1, -0.05) is 0 Å². The van der Waals surface area contributed by atoms with Crippen LogP contribution in [0.2, 0.25) is 0 Å². The van der Waals surface area contributed by atoms with Gasteiger partial charge in [0.25, 0.3) is 0 Å². The zero-order valence-corrected chi connectivity index (χ0v) is 17.1. The van der Waals surface area contributed by atoms with Crippen molar-refractivity contribution in [2.75, 3.05) is 12.3 Å². The Labute approximate surface area is 178 Å². The number of benzene rings is 1. The second-order valence-corrected chi connectivity index (χ2v) is 8.01. The predicted octanol–water partition coefficient (Wildman–Crippen LogP) is 1.96. The first-order chi connectivity index (χ1) is 14.8. The molecule has 4 heterocycles. The van der Waals surface area contributed by atoms with Gasteiger partial charge in [-0.2, -0.15) is 0 Å². The lowest BCUT2D eigenvalue weighted by atomic mass is 9.95. The minimum absolute atomic E-state index is 0.0432. The Morgan fingerprint density at radius 2 is 2.03 bits per heavy atom. The van der Waals surface area contributed by atoms with E-state index in [2.05, 4.69) is 15.0 Å². The first-order valence-corrected chi connectivity index (χ1v) is 9.98. The lowest BCUT2D eigenvalue weighted by Gasteiger charge is -2.26. The van der Waals surface area contributed by atoms with Gasteiger partial charge in [0.05, 0.1) is 11.2 Å². The quantitative estimate of drug-likeness (QED) is 0.456. The van der Waals surface area contributed by atoms with Crippen molar-refractivity contribution in [2.24, 2.45) is 0 Å². The molecule has 1 saturated heterocycles. The molecule has 4 N–H and O–H groups in total. The number of fused-ring (bicyclic) bond motifs is 2. The molecule has 0 spiro atoms. The molecule has 9 heteroatoms. The average Bonchev–Trinajstić information content (AvgIpc) is 3.26. The smallest absolute Gasteiger partial charge is 0.164 e. The summed E-state index contributed by atoms with van der Waals surface area (Å²) < 4.78 is 13.6. The molecule has 0 bridgehead atoms. The zero-order valence-electron chi connectivity index (χ0n) is 17.1. The van der Waals surface area contributed by atoms with Gasteiger partial charge in [-0.25, -0.2) is 15.0 Å². The van der Waals surface area contributed by atoms with Crippen LogP contribution in [0, 0.1) is 6.92 Å². The standard InChI is InChI=1S/C22H23N5O4/c1-12-15-7-8-27(20(15)25-11-24-12)21-19(28)22(2,29)17(31-21)10-30-14-5-3-13-4-6-18(23)26-16(13)9-14/h3-9,11,17,19,21,28-29H,10H2,1-2H3,(H2,23,26)/t17?,19-,21+,22+/m0/s1. The van der Waals surface area contributed by atoms with Crippen LogP contribution in [-0.2, 0) is 4.74 Å². The summed E-state index contributed by atoms with van der Waals surface area (Å²) in [6.45, 7) is 3.47. The molecule has 1 aliphatic rings. The highest BCUT2D eigenvalue weighted by Crippen LogP contribution is 2.39. The number of pyridine rings is 1. The molecule has 0 radical (unpaired) electrons. The lowest BCUT2D eigenvalue weighted by molar-refractivity contribution is -0.0765. The number of aliphatic hydroxyl groups is 2. The van der Waals surface area contributed by atoms with Crippen LogP contribution in [0.4, 0.5) is 5.82 Å². The Bertz CT molecular complexity index is 1270. The van der Waals surface area contributed by atoms with E-state index in [-0.39, 0.29) is 6.61 Å². The third-order valence-electron chi connectivity index (χ3n) is 5.89. The number of aliphatic hydroxyl groups excluding tert-OH is 1. The number of rotatable bonds is 4. The number of hydrogen-bond donors (Lipinski definition) is 3. The van der Waals surface area contributed by atoms with Gasteiger partial charge in [0.2, 0.25) is 0 Å². The van der Waals surface area contributed by atoms with Gasteiger partial charge in [-0.15, -0.1) is 0 Å². The summed E-state index contributed by atoms with van der Waals surface area (Å²) >= 11 is 0. The van der Waals surface area contributed by atoms with Crippen molar-refractivity contribution in [2.45, 2.75) is 37.9 Å². The molecule has 5 rings (SSSR count). The molecule has 0 saturated carbocycles. The molecule has 31 heavy (non-hydrogen) atoms. The highest BCUT2D eigenvalue weighted by Gasteiger charge is 2.53. The molecule has 4 aromatic rings. The van der Waals surface area contributed by atoms with Crippen molar-refractivity contribution >= 4 is 27.8 Å². The molecule has 1 aliphatic heterocycles. The van der Waals surface area contributed by atoms with E-state index in [1.54, 1.807) is 29.8 Å². The highest BCUT2D eigenvalue weighted by molar-refractivity contribution is 5.81. The van der Waals surface area contributed by atoms with Crippen LogP contribution in [-0.4, -0.2) is 54.1 Å². The van der Waals surface area contributed by atoms with E-state index in [1.165, 1.54) is 6.33 Å². The van der Waals surface area contributed by atoms with Crippen molar-refractivity contribution in [3.63, 3.8) is 0 Å². The Hall–Kier alpha value is -3.27. The average molecular weight is 421 g/mol. The molecular weight excluding hydrogens is 398 g/mol. The lowest BCUT2D eigenvalue weighted by Crippen LogP contribution is -2.47. The predicted molar refractivity (Wildman–Crippen MR) is 114 cm³/mol. The number of nitrogens with zero attached hydrogens (tertiary/aromatic N) is 4. The van der Waals surface area contributed by atoms with Crippen molar-refractivity contribution in [3.8, 4) is 5.75 Å². The third-order valence-corrected chi connectivity index (χ3v) is 5.89. The largest absolute Gasteiger partial charge is 0.491 e. The Morgan fingerprint density at radius 1 is 1.23 bits per heavy atom. The monoisotopic (exact) mass is 421 g/mol. The topological polar surface area (TPSA) is 129 Å². The van der Waals surface area contributed by atoms with E-state index < -0.39 is 24.0 Å². The van der Waals surface area contributed by atoms with Crippen LogP contribution >= 0.6 is 0 Å². The number of nitrogen functional groups attached to an aromatic ring is 1. The normalized spacial score (nSPS) is 26.0. The van der Waals surface area contributed by atoms with E-state index in [9.17, 15) is 10.2 Å². The molecule has 1 fully saturated rings. The third kappa shape index (κ3) is 3.27. The van der Waals surface area contributed by atoms with Crippen LogP contribution in [0.1, 0.15) is 18.8 Å². The fraction of sp³-hybridized carbons (Fsp3) is 0.318. The van der Waals surface area contributed by atoms with E-state index in [0.717, 1.165) is 16.5 Å². The molecule has 9 nitrogen and oxygen atoms in total. The highest BCUT2D eigenvalue weighted by atomic mass is 16.6. The number of hydrogen-bond acceptors (Lipinski definition) is 8. The van der Waals surface area contributed by atoms with Gasteiger partial charge >= 0.3 is 0 Å². The maximum atomic E-state index is 11.0. The summed E-state index contributed by atoms with van der Waals surface area (Å²) in [6.07, 6.45) is 0.490. The number of aromatic nitrogens is 4. The number of ether oxygens (including phenoxy) is 2. The maximum absolute atomic E-state index is 11.0. The molecule has 1 aromatic carbocycles. The second kappa shape index (κ2) is 7.16. The number of aryl methyl sites for hydroxylation is 1. The summed E-state index contributed by atoms with van der Waals surface area (Å²) in [5.74, 6) is 0.994. The Balaban J connectivity index is 1.38. The summed E-state index contributed by atoms with van der Waals surface area (Å²) in [6, 6.07) is 11.0. The summed E-state index contributed by atoms with van der Waals surface area (Å²) in [5, 5.41) is 23.6. The molecule has 0 amide bonds. The van der Waals surface area contributed by atoms with Crippen molar-refractivity contribution < 1.29 is 19.7 Å². The first-order valence-electron chi connectivity index (χ1n) is 9.98. The van der Waals surface area contributed by atoms with E-state index in [0.29, 0.717) is 22.7 Å². The van der Waals surface area contributed by atoms with Crippen molar-refractivity contribution in [1.82, 2.24) is 19.5 Å². The number of anilines is 1. The van der Waals surface area contributed by atoms with Gasteiger partial charge in [-0.3, -0.25) is 0 Å². The first kappa shape index (κ1) is 19.7. The molecule has 4 atom stereocenters. The fourth-order valence-electron chi connectivity index (χ4n) is 3.96. The van der Waals surface area contributed by atoms with Gasteiger partial charge < -0.3 is 30.0 Å². The Kier molecular flexibility index (Phi) is 4.54.